The number of likely N-dealkylation sites (tertiary alicyclic amines) is 1. The quantitative estimate of drug-likeness (QED) is 0.419. The Morgan fingerprint density at radius 2 is 1.55 bits per heavy atom. The number of rotatable bonds is 7. The highest BCUT2D eigenvalue weighted by Crippen LogP contribution is 2.29. The van der Waals surface area contributed by atoms with Crippen molar-refractivity contribution in [3.05, 3.63) is 72.3 Å². The molecule has 0 spiro atoms. The number of phenols is 2. The molecule has 33 heavy (non-hydrogen) atoms. The van der Waals surface area contributed by atoms with Gasteiger partial charge in [-0.1, -0.05) is 18.6 Å². The van der Waals surface area contributed by atoms with Crippen LogP contribution < -0.4 is 4.74 Å². The van der Waals surface area contributed by atoms with Crippen molar-refractivity contribution in [2.45, 2.75) is 25.8 Å². The molecule has 6 heteroatoms. The van der Waals surface area contributed by atoms with E-state index in [1.54, 1.807) is 24.3 Å². The van der Waals surface area contributed by atoms with E-state index in [9.17, 15) is 10.2 Å². The normalized spacial score (nSPS) is 14.5. The number of nitrogens with zero attached hydrogens (tertiary/aromatic N) is 3. The van der Waals surface area contributed by atoms with Gasteiger partial charge in [0.05, 0.1) is 11.0 Å². The van der Waals surface area contributed by atoms with Gasteiger partial charge >= 0.3 is 0 Å². The number of benzene rings is 3. The van der Waals surface area contributed by atoms with Gasteiger partial charge in [0.25, 0.3) is 0 Å². The lowest BCUT2D eigenvalue weighted by Gasteiger charge is -2.26. The highest BCUT2D eigenvalue weighted by atomic mass is 16.5. The maximum atomic E-state index is 10.1. The second kappa shape index (κ2) is 9.55. The fourth-order valence-corrected chi connectivity index (χ4v) is 4.45. The molecule has 3 aromatic carbocycles. The summed E-state index contributed by atoms with van der Waals surface area (Å²) in [7, 11) is 0. The molecule has 0 unspecified atom stereocenters. The maximum absolute atomic E-state index is 10.1. The van der Waals surface area contributed by atoms with Crippen LogP contribution in [0.5, 0.6) is 17.2 Å². The second-order valence-electron chi connectivity index (χ2n) is 8.64. The van der Waals surface area contributed by atoms with Crippen LogP contribution in [0.25, 0.3) is 22.4 Å². The first-order chi connectivity index (χ1) is 16.2. The van der Waals surface area contributed by atoms with Gasteiger partial charge in [0.2, 0.25) is 0 Å². The predicted molar refractivity (Wildman–Crippen MR) is 130 cm³/mol. The summed E-state index contributed by atoms with van der Waals surface area (Å²) >= 11 is 0. The molecule has 5 rings (SSSR count). The van der Waals surface area contributed by atoms with Gasteiger partial charge < -0.3 is 19.5 Å². The minimum absolute atomic E-state index is 0.207. The van der Waals surface area contributed by atoms with Crippen molar-refractivity contribution in [2.75, 3.05) is 26.2 Å². The SMILES string of the molecule is Oc1ccc(-c2nc3ccc(O)cc3n2Cc2ccc(OCCN3CCCCC3)cc2)cc1. The summed E-state index contributed by atoms with van der Waals surface area (Å²) in [5, 5.41) is 19.7. The van der Waals surface area contributed by atoms with Crippen molar-refractivity contribution in [2.24, 2.45) is 0 Å². The molecular formula is C27H29N3O3. The van der Waals surface area contributed by atoms with E-state index in [1.807, 2.05) is 30.3 Å². The zero-order chi connectivity index (χ0) is 22.6. The zero-order valence-corrected chi connectivity index (χ0v) is 18.7. The minimum atomic E-state index is 0.207. The van der Waals surface area contributed by atoms with Gasteiger partial charge in [-0.3, -0.25) is 4.90 Å². The molecule has 0 bridgehead atoms. The van der Waals surface area contributed by atoms with Crippen LogP contribution >= 0.6 is 0 Å². The molecule has 0 aliphatic carbocycles. The Balaban J connectivity index is 1.34. The smallest absolute Gasteiger partial charge is 0.141 e. The Hall–Kier alpha value is -3.51. The summed E-state index contributed by atoms with van der Waals surface area (Å²) in [5.74, 6) is 2.09. The number of phenolic OH excluding ortho intramolecular Hbond substituents is 2. The molecule has 0 radical (unpaired) electrons. The van der Waals surface area contributed by atoms with Gasteiger partial charge in [0.1, 0.15) is 29.7 Å². The van der Waals surface area contributed by atoms with Crippen molar-refractivity contribution in [1.29, 1.82) is 0 Å². The monoisotopic (exact) mass is 443 g/mol. The summed E-state index contributed by atoms with van der Waals surface area (Å²) in [4.78, 5) is 7.27. The van der Waals surface area contributed by atoms with Gasteiger partial charge in [0, 0.05) is 24.7 Å². The molecule has 0 saturated carbocycles. The second-order valence-corrected chi connectivity index (χ2v) is 8.64. The lowest BCUT2D eigenvalue weighted by molar-refractivity contribution is 0.183. The van der Waals surface area contributed by atoms with Crippen LogP contribution in [0.1, 0.15) is 24.8 Å². The van der Waals surface area contributed by atoms with Crippen LogP contribution in [0.4, 0.5) is 0 Å². The fraction of sp³-hybridized carbons (Fsp3) is 0.296. The van der Waals surface area contributed by atoms with Gasteiger partial charge in [-0.05, 0) is 80.0 Å². The molecule has 170 valence electrons. The van der Waals surface area contributed by atoms with Gasteiger partial charge in [0.15, 0.2) is 0 Å². The Morgan fingerprint density at radius 1 is 0.818 bits per heavy atom. The number of ether oxygens (including phenoxy) is 1. The summed E-state index contributed by atoms with van der Waals surface area (Å²) < 4.78 is 8.06. The first-order valence-corrected chi connectivity index (χ1v) is 11.6. The van der Waals surface area contributed by atoms with E-state index in [4.69, 9.17) is 9.72 Å². The molecule has 1 fully saturated rings. The predicted octanol–water partition coefficient (Wildman–Crippen LogP) is 5.03. The van der Waals surface area contributed by atoms with E-state index in [0.717, 1.165) is 40.3 Å². The number of hydrogen-bond acceptors (Lipinski definition) is 5. The summed E-state index contributed by atoms with van der Waals surface area (Å²) in [6, 6.07) is 20.4. The third-order valence-corrected chi connectivity index (χ3v) is 6.25. The van der Waals surface area contributed by atoms with Crippen molar-refractivity contribution >= 4 is 11.0 Å². The number of aromatic nitrogens is 2. The molecule has 4 aromatic rings. The third-order valence-electron chi connectivity index (χ3n) is 6.25. The molecule has 2 heterocycles. The summed E-state index contributed by atoms with van der Waals surface area (Å²) in [6.07, 6.45) is 3.93. The Labute approximate surface area is 193 Å². The lowest BCUT2D eigenvalue weighted by Crippen LogP contribution is -2.33. The first-order valence-electron chi connectivity index (χ1n) is 11.6. The van der Waals surface area contributed by atoms with Gasteiger partial charge in [-0.25, -0.2) is 4.98 Å². The van der Waals surface area contributed by atoms with Crippen molar-refractivity contribution in [1.82, 2.24) is 14.5 Å². The molecule has 1 aromatic heterocycles. The number of imidazole rings is 1. The number of fused-ring (bicyclic) bond motifs is 1. The average molecular weight is 444 g/mol. The molecule has 0 atom stereocenters. The van der Waals surface area contributed by atoms with Crippen molar-refractivity contribution in [3.8, 4) is 28.6 Å². The van der Waals surface area contributed by atoms with Gasteiger partial charge in [-0.15, -0.1) is 0 Å². The molecule has 2 N–H and O–H groups in total. The highest BCUT2D eigenvalue weighted by molar-refractivity contribution is 5.82. The lowest BCUT2D eigenvalue weighted by atomic mass is 10.1. The van der Waals surface area contributed by atoms with E-state index >= 15 is 0 Å². The average Bonchev–Trinajstić information content (AvgIpc) is 3.19. The highest BCUT2D eigenvalue weighted by Gasteiger charge is 2.14. The van der Waals surface area contributed by atoms with E-state index in [1.165, 1.54) is 32.4 Å². The van der Waals surface area contributed by atoms with Gasteiger partial charge in [-0.2, -0.15) is 0 Å². The topological polar surface area (TPSA) is 70.8 Å². The van der Waals surface area contributed by atoms with E-state index in [-0.39, 0.29) is 11.5 Å². The van der Waals surface area contributed by atoms with Crippen LogP contribution in [0, 0.1) is 0 Å². The Morgan fingerprint density at radius 3 is 2.30 bits per heavy atom. The summed E-state index contributed by atoms with van der Waals surface area (Å²) in [5.41, 5.74) is 3.69. The first kappa shape index (κ1) is 21.3. The van der Waals surface area contributed by atoms with Crippen molar-refractivity contribution in [3.63, 3.8) is 0 Å². The van der Waals surface area contributed by atoms with Crippen LogP contribution in [0.15, 0.2) is 66.7 Å². The molecular weight excluding hydrogens is 414 g/mol. The number of aromatic hydroxyl groups is 2. The zero-order valence-electron chi connectivity index (χ0n) is 18.7. The van der Waals surface area contributed by atoms with Crippen molar-refractivity contribution < 1.29 is 14.9 Å². The van der Waals surface area contributed by atoms with E-state index in [2.05, 4.69) is 21.6 Å². The summed E-state index contributed by atoms with van der Waals surface area (Å²) in [6.45, 7) is 4.64. The van der Waals surface area contributed by atoms with E-state index in [0.29, 0.717) is 13.2 Å². The number of hydrogen-bond donors (Lipinski definition) is 2. The van der Waals surface area contributed by atoms with Crippen LogP contribution in [0.3, 0.4) is 0 Å². The van der Waals surface area contributed by atoms with Crippen LogP contribution in [-0.2, 0) is 6.54 Å². The maximum Gasteiger partial charge on any atom is 0.141 e. The largest absolute Gasteiger partial charge is 0.508 e. The molecule has 6 nitrogen and oxygen atoms in total. The minimum Gasteiger partial charge on any atom is -0.508 e. The molecule has 0 amide bonds. The Kier molecular flexibility index (Phi) is 6.17. The molecule has 1 aliphatic rings. The standard InChI is InChI=1S/C27H29N3O3/c31-22-8-6-21(7-9-22)27-28-25-13-10-23(32)18-26(25)30(27)19-20-4-11-24(12-5-20)33-17-16-29-14-2-1-3-15-29/h4-13,18,31-32H,1-3,14-17,19H2. The Bertz CT molecular complexity index is 1210. The molecule has 1 saturated heterocycles. The van der Waals surface area contributed by atoms with Crippen LogP contribution in [-0.4, -0.2) is 50.9 Å². The molecule has 1 aliphatic heterocycles. The van der Waals surface area contributed by atoms with Crippen LogP contribution in [0.2, 0.25) is 0 Å². The fourth-order valence-electron chi connectivity index (χ4n) is 4.45. The number of piperidine rings is 1. The third kappa shape index (κ3) is 4.96. The van der Waals surface area contributed by atoms with E-state index < -0.39 is 0 Å².